The van der Waals surface area contributed by atoms with Gasteiger partial charge in [-0.25, -0.2) is 0 Å². The summed E-state index contributed by atoms with van der Waals surface area (Å²) >= 11 is 0. The van der Waals surface area contributed by atoms with Crippen LogP contribution < -0.4 is 10.6 Å². The highest BCUT2D eigenvalue weighted by molar-refractivity contribution is 5.54. The van der Waals surface area contributed by atoms with Gasteiger partial charge < -0.3 is 10.6 Å². The van der Waals surface area contributed by atoms with Crippen molar-refractivity contribution in [1.82, 2.24) is 15.1 Å². The highest BCUT2D eigenvalue weighted by Gasteiger charge is 2.17. The van der Waals surface area contributed by atoms with Gasteiger partial charge in [0.25, 0.3) is 0 Å². The van der Waals surface area contributed by atoms with Crippen LogP contribution in [0.25, 0.3) is 0 Å². The van der Waals surface area contributed by atoms with Crippen LogP contribution in [-0.4, -0.2) is 34.3 Å². The van der Waals surface area contributed by atoms with Gasteiger partial charge in [-0.1, -0.05) is 6.92 Å². The second-order valence-corrected chi connectivity index (χ2v) is 3.47. The van der Waals surface area contributed by atoms with E-state index in [1.165, 1.54) is 10.9 Å². The lowest BCUT2D eigenvalue weighted by Gasteiger charge is -2.03. The Balaban J connectivity index is 2.44. The van der Waals surface area contributed by atoms with E-state index in [1.54, 1.807) is 7.05 Å². The van der Waals surface area contributed by atoms with E-state index in [1.807, 2.05) is 0 Å². The molecule has 0 saturated heterocycles. The molecule has 0 aliphatic carbocycles. The van der Waals surface area contributed by atoms with E-state index in [0.717, 1.165) is 19.5 Å². The first-order valence-corrected chi connectivity index (χ1v) is 5.27. The van der Waals surface area contributed by atoms with Crippen molar-refractivity contribution in [2.75, 3.05) is 25.0 Å². The Labute approximate surface area is 94.0 Å². The van der Waals surface area contributed by atoms with Gasteiger partial charge in [0.05, 0.1) is 4.92 Å². The molecule has 1 heterocycles. The lowest BCUT2D eigenvalue weighted by atomic mass is 10.4. The molecular formula is C9H17N5O2. The molecular weight excluding hydrogens is 210 g/mol. The molecule has 2 N–H and O–H groups in total. The Kier molecular flexibility index (Phi) is 4.71. The molecule has 0 aromatic carbocycles. The summed E-state index contributed by atoms with van der Waals surface area (Å²) in [4.78, 5) is 10.2. The van der Waals surface area contributed by atoms with Gasteiger partial charge in [0.15, 0.2) is 0 Å². The van der Waals surface area contributed by atoms with Crippen LogP contribution in [0.4, 0.5) is 11.5 Å². The molecule has 0 fully saturated rings. The molecule has 0 saturated carbocycles. The summed E-state index contributed by atoms with van der Waals surface area (Å²) in [5.74, 6) is 0.325. The predicted molar refractivity (Wildman–Crippen MR) is 61.5 cm³/mol. The van der Waals surface area contributed by atoms with Crippen LogP contribution in [0.2, 0.25) is 0 Å². The van der Waals surface area contributed by atoms with E-state index < -0.39 is 4.92 Å². The molecule has 0 spiro atoms. The van der Waals surface area contributed by atoms with Crippen molar-refractivity contribution in [3.05, 3.63) is 16.3 Å². The Morgan fingerprint density at radius 2 is 2.25 bits per heavy atom. The molecule has 0 unspecified atom stereocenters. The van der Waals surface area contributed by atoms with Crippen LogP contribution in [-0.2, 0) is 7.05 Å². The fraction of sp³-hybridized carbons (Fsp3) is 0.667. The number of hydrogen-bond donors (Lipinski definition) is 2. The SMILES string of the molecule is CCCNCCNc1nn(C)cc1[N+](=O)[O-]. The molecule has 0 amide bonds. The number of rotatable bonds is 7. The fourth-order valence-corrected chi connectivity index (χ4v) is 1.31. The molecule has 1 aromatic heterocycles. The molecule has 1 rings (SSSR count). The molecule has 0 atom stereocenters. The van der Waals surface area contributed by atoms with E-state index in [-0.39, 0.29) is 5.69 Å². The molecule has 0 aliphatic rings. The molecule has 0 bridgehead atoms. The third-order valence-corrected chi connectivity index (χ3v) is 2.03. The van der Waals surface area contributed by atoms with Gasteiger partial charge in [-0.2, -0.15) is 0 Å². The average molecular weight is 227 g/mol. The zero-order valence-corrected chi connectivity index (χ0v) is 9.56. The highest BCUT2D eigenvalue weighted by atomic mass is 16.6. The van der Waals surface area contributed by atoms with Crippen molar-refractivity contribution in [2.45, 2.75) is 13.3 Å². The first kappa shape index (κ1) is 12.4. The monoisotopic (exact) mass is 227 g/mol. The van der Waals surface area contributed by atoms with Gasteiger partial charge >= 0.3 is 5.69 Å². The molecule has 16 heavy (non-hydrogen) atoms. The molecule has 90 valence electrons. The molecule has 0 radical (unpaired) electrons. The minimum atomic E-state index is -0.436. The number of nitrogens with zero attached hydrogens (tertiary/aromatic N) is 3. The number of nitro groups is 1. The predicted octanol–water partition coefficient (Wildman–Crippen LogP) is 0.740. The normalized spacial score (nSPS) is 10.4. The largest absolute Gasteiger partial charge is 0.362 e. The fourth-order valence-electron chi connectivity index (χ4n) is 1.31. The van der Waals surface area contributed by atoms with Crippen molar-refractivity contribution in [3.63, 3.8) is 0 Å². The van der Waals surface area contributed by atoms with Crippen LogP contribution in [0, 0.1) is 10.1 Å². The van der Waals surface area contributed by atoms with Crippen molar-refractivity contribution < 1.29 is 4.92 Å². The van der Waals surface area contributed by atoms with E-state index in [0.29, 0.717) is 12.4 Å². The van der Waals surface area contributed by atoms with Gasteiger partial charge in [-0.15, -0.1) is 5.10 Å². The van der Waals surface area contributed by atoms with Crippen LogP contribution in [0.3, 0.4) is 0 Å². The van der Waals surface area contributed by atoms with Crippen molar-refractivity contribution in [1.29, 1.82) is 0 Å². The summed E-state index contributed by atoms with van der Waals surface area (Å²) < 4.78 is 1.43. The summed E-state index contributed by atoms with van der Waals surface area (Å²) in [7, 11) is 1.66. The maximum atomic E-state index is 10.7. The summed E-state index contributed by atoms with van der Waals surface area (Å²) in [5, 5.41) is 20.8. The van der Waals surface area contributed by atoms with Crippen molar-refractivity contribution >= 4 is 11.5 Å². The smallest absolute Gasteiger partial charge is 0.330 e. The Morgan fingerprint density at radius 1 is 1.50 bits per heavy atom. The molecule has 7 heteroatoms. The maximum absolute atomic E-state index is 10.7. The molecule has 1 aromatic rings. The van der Waals surface area contributed by atoms with Crippen molar-refractivity contribution in [3.8, 4) is 0 Å². The van der Waals surface area contributed by atoms with Crippen LogP contribution in [0.5, 0.6) is 0 Å². The number of hydrogen-bond acceptors (Lipinski definition) is 5. The van der Waals surface area contributed by atoms with Crippen LogP contribution >= 0.6 is 0 Å². The molecule has 0 aliphatic heterocycles. The number of aryl methyl sites for hydroxylation is 1. The van der Waals surface area contributed by atoms with E-state index in [9.17, 15) is 10.1 Å². The van der Waals surface area contributed by atoms with Crippen LogP contribution in [0.1, 0.15) is 13.3 Å². The third-order valence-electron chi connectivity index (χ3n) is 2.03. The van der Waals surface area contributed by atoms with Gasteiger partial charge in [0.1, 0.15) is 6.20 Å². The standard InChI is InChI=1S/C9H17N5O2/c1-3-4-10-5-6-11-9-8(14(15)16)7-13(2)12-9/h7,10H,3-6H2,1-2H3,(H,11,12). The first-order valence-electron chi connectivity index (χ1n) is 5.27. The summed E-state index contributed by atoms with van der Waals surface area (Å²) in [6.45, 7) is 4.43. The van der Waals surface area contributed by atoms with Gasteiger partial charge in [0, 0.05) is 20.1 Å². The van der Waals surface area contributed by atoms with E-state index in [4.69, 9.17) is 0 Å². The van der Waals surface area contributed by atoms with Crippen LogP contribution in [0.15, 0.2) is 6.20 Å². The van der Waals surface area contributed by atoms with Gasteiger partial charge in [0.2, 0.25) is 5.82 Å². The van der Waals surface area contributed by atoms with E-state index in [2.05, 4.69) is 22.7 Å². The summed E-state index contributed by atoms with van der Waals surface area (Å²) in [6.07, 6.45) is 2.46. The molecule has 7 nitrogen and oxygen atoms in total. The zero-order chi connectivity index (χ0) is 12.0. The Bertz CT molecular complexity index is 350. The first-order chi connectivity index (χ1) is 7.65. The van der Waals surface area contributed by atoms with Gasteiger partial charge in [-0.3, -0.25) is 14.8 Å². The quantitative estimate of drug-likeness (QED) is 0.407. The average Bonchev–Trinajstić information content (AvgIpc) is 2.59. The lowest BCUT2D eigenvalue weighted by molar-refractivity contribution is -0.384. The minimum absolute atomic E-state index is 0.0120. The third kappa shape index (κ3) is 3.50. The zero-order valence-electron chi connectivity index (χ0n) is 9.56. The summed E-state index contributed by atoms with van der Waals surface area (Å²) in [6, 6.07) is 0. The van der Waals surface area contributed by atoms with Gasteiger partial charge in [-0.05, 0) is 13.0 Å². The number of aromatic nitrogens is 2. The van der Waals surface area contributed by atoms with Crippen molar-refractivity contribution in [2.24, 2.45) is 7.05 Å². The Hall–Kier alpha value is -1.63. The minimum Gasteiger partial charge on any atom is -0.362 e. The number of anilines is 1. The highest BCUT2D eigenvalue weighted by Crippen LogP contribution is 2.20. The second-order valence-electron chi connectivity index (χ2n) is 3.47. The summed E-state index contributed by atoms with van der Waals surface area (Å²) in [5.41, 5.74) is 0.0120. The second kappa shape index (κ2) is 6.06. The lowest BCUT2D eigenvalue weighted by Crippen LogP contribution is -2.23. The van der Waals surface area contributed by atoms with E-state index >= 15 is 0 Å². The number of nitrogens with one attached hydrogen (secondary N) is 2. The Morgan fingerprint density at radius 3 is 2.88 bits per heavy atom. The maximum Gasteiger partial charge on any atom is 0.330 e. The topological polar surface area (TPSA) is 85.0 Å².